The lowest BCUT2D eigenvalue weighted by molar-refractivity contribution is -0.192. The minimum absolute atomic E-state index is 0.0597. The lowest BCUT2D eigenvalue weighted by Crippen LogP contribution is -2.29. The van der Waals surface area contributed by atoms with E-state index < -0.39 is 27.7 Å². The highest BCUT2D eigenvalue weighted by Gasteiger charge is 2.38. The number of fused-ring (bicyclic) bond motifs is 2. The zero-order chi connectivity index (χ0) is 20.6. The zero-order valence-corrected chi connectivity index (χ0v) is 14.3. The summed E-state index contributed by atoms with van der Waals surface area (Å²) >= 11 is 0. The van der Waals surface area contributed by atoms with E-state index in [1.807, 2.05) is 0 Å². The van der Waals surface area contributed by atoms with Gasteiger partial charge in [0.25, 0.3) is 0 Å². The van der Waals surface area contributed by atoms with Gasteiger partial charge in [-0.3, -0.25) is 9.98 Å². The van der Waals surface area contributed by atoms with Gasteiger partial charge in [-0.05, 0) is 18.5 Å². The van der Waals surface area contributed by atoms with Gasteiger partial charge in [0.2, 0.25) is 0 Å². The fourth-order valence-electron chi connectivity index (χ4n) is 2.48. The van der Waals surface area contributed by atoms with Gasteiger partial charge in [-0.2, -0.15) is 13.2 Å². The van der Waals surface area contributed by atoms with Crippen LogP contribution in [-0.4, -0.2) is 60.9 Å². The Labute approximate surface area is 149 Å². The van der Waals surface area contributed by atoms with Crippen molar-refractivity contribution in [1.82, 2.24) is 0 Å². The van der Waals surface area contributed by atoms with E-state index in [0.717, 1.165) is 0 Å². The monoisotopic (exact) mass is 409 g/mol. The van der Waals surface area contributed by atoms with Crippen LogP contribution in [0.4, 0.5) is 18.9 Å². The van der Waals surface area contributed by atoms with Crippen LogP contribution >= 0.6 is 0 Å². The minimum atomic E-state index is -5.08. The Hall–Kier alpha value is -2.67. The Morgan fingerprint density at radius 1 is 1.26 bits per heavy atom. The predicted octanol–water partition coefficient (Wildman–Crippen LogP) is -0.647. The molecule has 0 unspecified atom stereocenters. The van der Waals surface area contributed by atoms with E-state index in [-0.39, 0.29) is 39.2 Å². The van der Waals surface area contributed by atoms with Crippen LogP contribution in [0.25, 0.3) is 5.57 Å². The van der Waals surface area contributed by atoms with Crippen LogP contribution in [0.1, 0.15) is 6.42 Å². The van der Waals surface area contributed by atoms with Crippen molar-refractivity contribution in [3.05, 3.63) is 10.6 Å². The van der Waals surface area contributed by atoms with Crippen LogP contribution in [0.2, 0.25) is 0 Å². The average Bonchev–Trinajstić information content (AvgIpc) is 2.96. The number of phenols is 2. The molecule has 9 nitrogen and oxygen atoms in total. The summed E-state index contributed by atoms with van der Waals surface area (Å²) in [4.78, 5) is 16.6. The Kier molecular flexibility index (Phi) is 5.47. The van der Waals surface area contributed by atoms with Gasteiger partial charge in [0.1, 0.15) is 21.7 Å². The van der Waals surface area contributed by atoms with Gasteiger partial charge in [0.15, 0.2) is 15.6 Å². The molecular weight excluding hydrogens is 395 g/mol. The third kappa shape index (κ3) is 3.88. The van der Waals surface area contributed by atoms with Crippen LogP contribution in [0, 0.1) is 0 Å². The number of benzene rings is 1. The summed E-state index contributed by atoms with van der Waals surface area (Å²) in [7, 11) is -3.66. The number of aliphatic imine (C=N–C) groups is 1. The molecule has 0 amide bonds. The second-order valence-electron chi connectivity index (χ2n) is 5.42. The molecule has 13 heteroatoms. The van der Waals surface area contributed by atoms with Gasteiger partial charge < -0.3 is 21.1 Å². The molecule has 1 aromatic carbocycles. The largest absolute Gasteiger partial charge is 0.506 e. The van der Waals surface area contributed by atoms with Gasteiger partial charge in [-0.1, -0.05) is 0 Å². The van der Waals surface area contributed by atoms with E-state index in [0.29, 0.717) is 18.5 Å². The molecule has 0 aliphatic carbocycles. The third-order valence-corrected chi connectivity index (χ3v) is 5.35. The molecule has 27 heavy (non-hydrogen) atoms. The van der Waals surface area contributed by atoms with Crippen LogP contribution in [0.15, 0.2) is 14.9 Å². The summed E-state index contributed by atoms with van der Waals surface area (Å²) in [5.74, 6) is -3.64. The highest BCUT2D eigenvalue weighted by Crippen LogP contribution is 2.31. The van der Waals surface area contributed by atoms with Gasteiger partial charge in [0.05, 0.1) is 17.5 Å². The quantitative estimate of drug-likeness (QED) is 0.472. The van der Waals surface area contributed by atoms with Crippen molar-refractivity contribution in [1.29, 1.82) is 0 Å². The first-order valence-electron chi connectivity index (χ1n) is 7.34. The molecule has 0 atom stereocenters. The van der Waals surface area contributed by atoms with Gasteiger partial charge in [-0.15, -0.1) is 0 Å². The van der Waals surface area contributed by atoms with Crippen molar-refractivity contribution in [2.75, 3.05) is 18.8 Å². The first kappa shape index (κ1) is 20.6. The molecule has 148 valence electrons. The maximum atomic E-state index is 12.1. The molecule has 0 aromatic heterocycles. The number of carboxylic acids is 1. The number of rotatable bonds is 2. The average molecular weight is 409 g/mol. The van der Waals surface area contributed by atoms with E-state index in [9.17, 15) is 31.8 Å². The number of aromatic hydroxyl groups is 2. The molecule has 2 aliphatic heterocycles. The van der Waals surface area contributed by atoms with Crippen molar-refractivity contribution in [3.8, 4) is 11.5 Å². The second-order valence-corrected chi connectivity index (χ2v) is 7.47. The highest BCUT2D eigenvalue weighted by atomic mass is 32.2. The van der Waals surface area contributed by atoms with Crippen LogP contribution < -0.4 is 16.3 Å². The number of hydrogen-bond acceptors (Lipinski definition) is 8. The molecule has 1 aromatic rings. The molecule has 0 spiro atoms. The lowest BCUT2D eigenvalue weighted by atomic mass is 10.1. The van der Waals surface area contributed by atoms with Crippen LogP contribution in [-0.2, 0) is 14.6 Å². The summed E-state index contributed by atoms with van der Waals surface area (Å²) in [6, 6.07) is 0. The number of hydrogen-bond donors (Lipinski definition) is 4. The molecule has 0 fully saturated rings. The summed E-state index contributed by atoms with van der Waals surface area (Å²) in [5.41, 5.74) is 6.25. The smallest absolute Gasteiger partial charge is 0.490 e. The third-order valence-electron chi connectivity index (χ3n) is 3.62. The van der Waals surface area contributed by atoms with Gasteiger partial charge in [-0.25, -0.2) is 13.2 Å². The normalized spacial score (nSPS) is 16.7. The Morgan fingerprint density at radius 2 is 1.85 bits per heavy atom. The molecular formula is C14H14F3N3O6S. The number of nitrogens with two attached hydrogens (primary N) is 1. The zero-order valence-electron chi connectivity index (χ0n) is 13.5. The Morgan fingerprint density at radius 3 is 2.37 bits per heavy atom. The molecule has 0 radical (unpaired) electrons. The minimum Gasteiger partial charge on any atom is -0.506 e. The van der Waals surface area contributed by atoms with E-state index in [1.165, 1.54) is 6.21 Å². The van der Waals surface area contributed by atoms with Crippen LogP contribution in [0.5, 0.6) is 11.5 Å². The topological polar surface area (TPSA) is 163 Å². The SMILES string of the molecule is NCCC1=c2c(O)c3c(c(O)c2N=C1)=NCCS3(=O)=O.O=C(O)C(F)(F)F. The lowest BCUT2D eigenvalue weighted by Gasteiger charge is -2.13. The maximum absolute atomic E-state index is 12.1. The number of halogens is 3. The van der Waals surface area contributed by atoms with Crippen molar-refractivity contribution in [2.45, 2.75) is 17.5 Å². The molecule has 2 aliphatic rings. The molecule has 0 saturated heterocycles. The van der Waals surface area contributed by atoms with E-state index >= 15 is 0 Å². The highest BCUT2D eigenvalue weighted by molar-refractivity contribution is 7.91. The van der Waals surface area contributed by atoms with Gasteiger partial charge >= 0.3 is 12.1 Å². The maximum Gasteiger partial charge on any atom is 0.490 e. The second kappa shape index (κ2) is 7.15. The molecule has 0 saturated carbocycles. The molecule has 3 rings (SSSR count). The number of nitrogens with zero attached hydrogens (tertiary/aromatic N) is 2. The fourth-order valence-corrected chi connectivity index (χ4v) is 3.87. The van der Waals surface area contributed by atoms with Crippen molar-refractivity contribution in [2.24, 2.45) is 15.7 Å². The Bertz CT molecular complexity index is 1050. The summed E-state index contributed by atoms with van der Waals surface area (Å²) in [5, 5.41) is 27.8. The first-order valence-corrected chi connectivity index (χ1v) is 8.99. The number of phenolic OH excluding ortho intramolecular Hbond substituents is 2. The first-order chi connectivity index (χ1) is 12.4. The van der Waals surface area contributed by atoms with Crippen molar-refractivity contribution < 1.29 is 41.7 Å². The van der Waals surface area contributed by atoms with Crippen molar-refractivity contribution >= 4 is 33.3 Å². The Balaban J connectivity index is 0.000000321. The number of carboxylic acid groups (broad SMARTS) is 1. The standard InChI is InChI=1S/C12H13N3O4S.C2HF3O2/c13-2-1-6-5-15-8-7(6)10(16)12-9(11(8)17)14-3-4-20(12,18)19;3-2(4,5)1(6)7/h5,16-17H,1-4,13H2;(H,6,7). The number of carbonyl (C=O) groups is 1. The van der Waals surface area contributed by atoms with E-state index in [2.05, 4.69) is 9.98 Å². The number of alkyl halides is 3. The summed E-state index contributed by atoms with van der Waals surface area (Å²) in [6.45, 7) is 0.388. The summed E-state index contributed by atoms with van der Waals surface area (Å²) in [6.07, 6.45) is -3.17. The fraction of sp³-hybridized carbons (Fsp3) is 0.357. The molecule has 2 heterocycles. The number of sulfone groups is 1. The predicted molar refractivity (Wildman–Crippen MR) is 86.4 cm³/mol. The van der Waals surface area contributed by atoms with E-state index in [4.69, 9.17) is 15.6 Å². The summed E-state index contributed by atoms with van der Waals surface area (Å²) < 4.78 is 55.9. The molecule has 0 bridgehead atoms. The number of aliphatic carboxylic acids is 1. The van der Waals surface area contributed by atoms with Crippen molar-refractivity contribution in [3.63, 3.8) is 0 Å². The van der Waals surface area contributed by atoms with Gasteiger partial charge in [0, 0.05) is 6.21 Å². The molecule has 5 N–H and O–H groups in total. The van der Waals surface area contributed by atoms with E-state index in [1.54, 1.807) is 0 Å². The van der Waals surface area contributed by atoms with Crippen LogP contribution in [0.3, 0.4) is 0 Å².